The summed E-state index contributed by atoms with van der Waals surface area (Å²) < 4.78 is 14.9. The number of aromatic nitrogens is 4. The molecule has 9 heteroatoms. The highest BCUT2D eigenvalue weighted by Gasteiger charge is 2.11. The summed E-state index contributed by atoms with van der Waals surface area (Å²) in [6.45, 7) is 3.81. The van der Waals surface area contributed by atoms with Crippen molar-refractivity contribution < 1.29 is 4.39 Å². The first kappa shape index (κ1) is 20.7. The Hall–Kier alpha value is -4.53. The first-order valence-electron chi connectivity index (χ1n) is 9.75. The normalized spacial score (nSPS) is 10.4. The first-order chi connectivity index (χ1) is 15.6. The number of anilines is 6. The minimum absolute atomic E-state index is 0.107. The van der Waals surface area contributed by atoms with Gasteiger partial charge in [-0.3, -0.25) is 4.98 Å². The summed E-state index contributed by atoms with van der Waals surface area (Å²) >= 11 is 0. The predicted molar refractivity (Wildman–Crippen MR) is 127 cm³/mol. The fourth-order valence-corrected chi connectivity index (χ4v) is 3.18. The second-order valence-corrected chi connectivity index (χ2v) is 6.75. The molecule has 3 aromatic heterocycles. The fourth-order valence-electron chi connectivity index (χ4n) is 3.18. The molecule has 0 atom stereocenters. The number of benzene rings is 1. The third kappa shape index (κ3) is 4.46. The summed E-state index contributed by atoms with van der Waals surface area (Å²) in [4.78, 5) is 16.7. The zero-order chi connectivity index (χ0) is 22.5. The molecule has 3 heterocycles. The summed E-state index contributed by atoms with van der Waals surface area (Å²) in [5.41, 5.74) is 9.60. The van der Waals surface area contributed by atoms with Gasteiger partial charge in [-0.05, 0) is 36.4 Å². The lowest BCUT2D eigenvalue weighted by atomic mass is 10.2. The van der Waals surface area contributed by atoms with Gasteiger partial charge in [-0.2, -0.15) is 4.98 Å². The summed E-state index contributed by atoms with van der Waals surface area (Å²) in [7, 11) is 1.76. The number of nitrogens with two attached hydrogens (primary N) is 1. The highest BCUT2D eigenvalue weighted by molar-refractivity contribution is 5.78. The topological polar surface area (TPSA) is 114 Å². The van der Waals surface area contributed by atoms with Crippen LogP contribution in [0.15, 0.2) is 67.6 Å². The van der Waals surface area contributed by atoms with Crippen LogP contribution in [0.3, 0.4) is 0 Å². The van der Waals surface area contributed by atoms with Gasteiger partial charge in [0.25, 0.3) is 0 Å². The van der Waals surface area contributed by atoms with Gasteiger partial charge >= 0.3 is 0 Å². The molecule has 32 heavy (non-hydrogen) atoms. The lowest BCUT2D eigenvalue weighted by molar-refractivity contribution is 0.632. The smallest absolute Gasteiger partial charge is 0.222 e. The van der Waals surface area contributed by atoms with E-state index in [1.165, 1.54) is 6.07 Å². The molecule has 4 aromatic rings. The quantitative estimate of drug-likeness (QED) is 0.331. The molecule has 8 nitrogen and oxygen atoms in total. The number of halogens is 1. The maximum Gasteiger partial charge on any atom is 0.222 e. The third-order valence-electron chi connectivity index (χ3n) is 4.66. The van der Waals surface area contributed by atoms with E-state index in [-0.39, 0.29) is 5.95 Å². The number of rotatable bonds is 7. The number of hydrogen-bond acceptors (Lipinski definition) is 8. The van der Waals surface area contributed by atoms with Gasteiger partial charge in [0.1, 0.15) is 17.5 Å². The van der Waals surface area contributed by atoms with Crippen LogP contribution in [0, 0.1) is 5.82 Å². The van der Waals surface area contributed by atoms with E-state index in [0.29, 0.717) is 34.4 Å². The Kier molecular flexibility index (Phi) is 5.89. The van der Waals surface area contributed by atoms with Crippen LogP contribution in [0.25, 0.3) is 17.3 Å². The highest BCUT2D eigenvalue weighted by Crippen LogP contribution is 2.30. The zero-order valence-electron chi connectivity index (χ0n) is 17.3. The van der Waals surface area contributed by atoms with Crippen molar-refractivity contribution in [3.8, 4) is 11.3 Å². The van der Waals surface area contributed by atoms with Gasteiger partial charge in [-0.15, -0.1) is 0 Å². The average molecular weight is 428 g/mol. The second-order valence-electron chi connectivity index (χ2n) is 6.75. The van der Waals surface area contributed by atoms with Crippen LogP contribution in [0.2, 0.25) is 0 Å². The van der Waals surface area contributed by atoms with Crippen molar-refractivity contribution in [2.24, 2.45) is 0 Å². The average Bonchev–Trinajstić information content (AvgIpc) is 2.80. The van der Waals surface area contributed by atoms with Gasteiger partial charge in [0, 0.05) is 48.5 Å². The standard InChI is InChI=1S/C23H21FN8/c1-3-16-18(8-11-28-22(16)26-2)30-19-5-4-15(12-17(19)24)29-21-13-20(31-23(25)32-21)14-6-9-27-10-7-14/h3-13H,1H2,2H3,(H2,26,28,30)(H3,25,29,31,32). The van der Waals surface area contributed by atoms with Crippen molar-refractivity contribution in [2.75, 3.05) is 28.7 Å². The van der Waals surface area contributed by atoms with Gasteiger partial charge in [0.15, 0.2) is 0 Å². The summed E-state index contributed by atoms with van der Waals surface area (Å²) in [5, 5.41) is 9.16. The van der Waals surface area contributed by atoms with Gasteiger partial charge in [-0.25, -0.2) is 14.4 Å². The number of pyridine rings is 2. The van der Waals surface area contributed by atoms with E-state index in [1.54, 1.807) is 56.0 Å². The van der Waals surface area contributed by atoms with Crippen molar-refractivity contribution >= 4 is 40.7 Å². The Labute approximate surface area is 184 Å². The molecule has 0 spiro atoms. The largest absolute Gasteiger partial charge is 0.373 e. The Bertz CT molecular complexity index is 1260. The Morgan fingerprint density at radius 1 is 0.969 bits per heavy atom. The van der Waals surface area contributed by atoms with Gasteiger partial charge in [-0.1, -0.05) is 12.7 Å². The predicted octanol–water partition coefficient (Wildman–Crippen LogP) is 4.83. The highest BCUT2D eigenvalue weighted by atomic mass is 19.1. The Balaban J connectivity index is 1.57. The summed E-state index contributed by atoms with van der Waals surface area (Å²) in [6, 6.07) is 11.9. The van der Waals surface area contributed by atoms with E-state index in [4.69, 9.17) is 5.73 Å². The Morgan fingerprint density at radius 2 is 1.78 bits per heavy atom. The third-order valence-corrected chi connectivity index (χ3v) is 4.66. The van der Waals surface area contributed by atoms with Gasteiger partial charge in [0.2, 0.25) is 5.95 Å². The van der Waals surface area contributed by atoms with E-state index < -0.39 is 5.82 Å². The van der Waals surface area contributed by atoms with Crippen LogP contribution in [0.5, 0.6) is 0 Å². The maximum absolute atomic E-state index is 14.9. The van der Waals surface area contributed by atoms with Crippen molar-refractivity contribution in [2.45, 2.75) is 0 Å². The molecule has 0 saturated heterocycles. The minimum atomic E-state index is -0.441. The molecule has 0 aliphatic heterocycles. The molecule has 5 N–H and O–H groups in total. The van der Waals surface area contributed by atoms with Crippen LogP contribution in [0.1, 0.15) is 5.56 Å². The molecule has 0 unspecified atom stereocenters. The molecule has 0 radical (unpaired) electrons. The van der Waals surface area contributed by atoms with E-state index >= 15 is 0 Å². The van der Waals surface area contributed by atoms with Crippen LogP contribution in [-0.2, 0) is 0 Å². The lowest BCUT2D eigenvalue weighted by Crippen LogP contribution is -2.03. The van der Waals surface area contributed by atoms with E-state index in [0.717, 1.165) is 11.1 Å². The molecular weight excluding hydrogens is 407 g/mol. The second kappa shape index (κ2) is 9.09. The molecule has 0 bridgehead atoms. The van der Waals surface area contributed by atoms with Crippen molar-refractivity contribution in [3.05, 3.63) is 79.0 Å². The SMILES string of the molecule is C=Cc1c(Nc2ccc(Nc3cc(-c4ccncc4)nc(N)n3)cc2F)ccnc1NC. The molecule has 0 saturated carbocycles. The number of hydrogen-bond donors (Lipinski definition) is 4. The van der Waals surface area contributed by atoms with Crippen LogP contribution >= 0.6 is 0 Å². The molecule has 0 aliphatic carbocycles. The summed E-state index contributed by atoms with van der Waals surface area (Å²) in [6.07, 6.45) is 6.63. The number of nitrogens with one attached hydrogen (secondary N) is 3. The van der Waals surface area contributed by atoms with Crippen LogP contribution < -0.4 is 21.7 Å². The number of nitrogen functional groups attached to an aromatic ring is 1. The van der Waals surface area contributed by atoms with E-state index in [1.807, 2.05) is 12.1 Å². The first-order valence-corrected chi connectivity index (χ1v) is 9.75. The molecule has 160 valence electrons. The molecular formula is C23H21FN8. The molecule has 0 aliphatic rings. The van der Waals surface area contributed by atoms with Gasteiger partial charge in [0.05, 0.1) is 17.1 Å². The Morgan fingerprint density at radius 3 is 2.50 bits per heavy atom. The molecule has 0 amide bonds. The van der Waals surface area contributed by atoms with Crippen molar-refractivity contribution in [1.82, 2.24) is 19.9 Å². The van der Waals surface area contributed by atoms with Crippen molar-refractivity contribution in [1.29, 1.82) is 0 Å². The molecule has 0 fully saturated rings. The van der Waals surface area contributed by atoms with Gasteiger partial charge < -0.3 is 21.7 Å². The van der Waals surface area contributed by atoms with Crippen LogP contribution in [-0.4, -0.2) is 27.0 Å². The maximum atomic E-state index is 14.9. The monoisotopic (exact) mass is 428 g/mol. The minimum Gasteiger partial charge on any atom is -0.373 e. The van der Waals surface area contributed by atoms with E-state index in [2.05, 4.69) is 42.5 Å². The fraction of sp³-hybridized carbons (Fsp3) is 0.0435. The summed E-state index contributed by atoms with van der Waals surface area (Å²) in [5.74, 6) is 0.765. The molecule has 1 aromatic carbocycles. The number of nitrogens with zero attached hydrogens (tertiary/aromatic N) is 4. The molecule has 4 rings (SSSR count). The zero-order valence-corrected chi connectivity index (χ0v) is 17.3. The van der Waals surface area contributed by atoms with E-state index in [9.17, 15) is 4.39 Å². The van der Waals surface area contributed by atoms with Crippen LogP contribution in [0.4, 0.5) is 39.0 Å². The van der Waals surface area contributed by atoms with Crippen molar-refractivity contribution in [3.63, 3.8) is 0 Å². The lowest BCUT2D eigenvalue weighted by Gasteiger charge is -2.14.